The summed E-state index contributed by atoms with van der Waals surface area (Å²) in [7, 11) is 0. The summed E-state index contributed by atoms with van der Waals surface area (Å²) in [6.45, 7) is 0. The Hall–Kier alpha value is -9.24. The monoisotopic (exact) mass is 888 g/mol. The van der Waals surface area contributed by atoms with Crippen molar-refractivity contribution in [2.24, 2.45) is 0 Å². The number of aromatic nitrogens is 2. The molecule has 0 saturated carbocycles. The summed E-state index contributed by atoms with van der Waals surface area (Å²) in [6.07, 6.45) is 0. The van der Waals surface area contributed by atoms with Gasteiger partial charge in [-0.2, -0.15) is 0 Å². The number of rotatable bonds is 7. The molecule has 0 spiro atoms. The van der Waals surface area contributed by atoms with E-state index in [2.05, 4.69) is 276 Å². The molecule has 0 aliphatic rings. The lowest BCUT2D eigenvalue weighted by Gasteiger charge is -2.18. The number of nitrogens with zero attached hydrogens (tertiary/aromatic N) is 2. The molecule has 0 radical (unpaired) electrons. The molecule has 2 nitrogen and oxygen atoms in total. The molecule has 2 heterocycles. The first-order valence-corrected chi connectivity index (χ1v) is 24.2. The molecule has 0 bridgehead atoms. The van der Waals surface area contributed by atoms with E-state index >= 15 is 0 Å². The Bertz CT molecular complexity index is 4070. The largest absolute Gasteiger partial charge is 0.309 e. The predicted molar refractivity (Wildman–Crippen MR) is 297 cm³/mol. The van der Waals surface area contributed by atoms with E-state index in [-0.39, 0.29) is 0 Å². The van der Waals surface area contributed by atoms with Gasteiger partial charge in [0.15, 0.2) is 0 Å². The van der Waals surface area contributed by atoms with Crippen LogP contribution in [0.25, 0.3) is 132 Å². The zero-order valence-corrected chi connectivity index (χ0v) is 38.3. The highest BCUT2D eigenvalue weighted by Crippen LogP contribution is 2.46. The van der Waals surface area contributed by atoms with Crippen molar-refractivity contribution in [3.63, 3.8) is 0 Å². The maximum absolute atomic E-state index is 2.46. The van der Waals surface area contributed by atoms with Crippen LogP contribution >= 0.6 is 0 Å². The van der Waals surface area contributed by atoms with Gasteiger partial charge in [0, 0.05) is 32.9 Å². The molecule has 0 aliphatic heterocycles. The Balaban J connectivity index is 0.963. The van der Waals surface area contributed by atoms with Gasteiger partial charge in [-0.05, 0) is 144 Å². The first kappa shape index (κ1) is 39.9. The van der Waals surface area contributed by atoms with Crippen molar-refractivity contribution in [1.82, 2.24) is 9.13 Å². The summed E-state index contributed by atoms with van der Waals surface area (Å²) in [4.78, 5) is 0. The lowest BCUT2D eigenvalue weighted by Crippen LogP contribution is -1.93. The third-order valence-electron chi connectivity index (χ3n) is 14.5. The zero-order chi connectivity index (χ0) is 46.1. The molecule has 0 N–H and O–H groups in total. The van der Waals surface area contributed by atoms with E-state index in [1.807, 2.05) is 0 Å². The van der Waals surface area contributed by atoms with Crippen LogP contribution < -0.4 is 0 Å². The Morgan fingerprint density at radius 3 is 1.00 bits per heavy atom. The van der Waals surface area contributed by atoms with Crippen LogP contribution in [-0.2, 0) is 0 Å². The van der Waals surface area contributed by atoms with Crippen LogP contribution in [-0.4, -0.2) is 9.13 Å². The Morgan fingerprint density at radius 1 is 0.200 bits per heavy atom. The van der Waals surface area contributed by atoms with Crippen LogP contribution in [0, 0.1) is 0 Å². The van der Waals surface area contributed by atoms with Crippen LogP contribution in [0.3, 0.4) is 0 Å². The third kappa shape index (κ3) is 6.27. The second-order valence-corrected chi connectivity index (χ2v) is 18.4. The van der Waals surface area contributed by atoms with Crippen molar-refractivity contribution in [2.75, 3.05) is 0 Å². The van der Waals surface area contributed by atoms with Crippen LogP contribution in [0.2, 0.25) is 0 Å². The summed E-state index contributed by atoms with van der Waals surface area (Å²) in [5, 5.41) is 9.96. The predicted octanol–water partition coefficient (Wildman–Crippen LogP) is 18.5. The van der Waals surface area contributed by atoms with Crippen LogP contribution in [0.1, 0.15) is 0 Å². The Labute approximate surface area is 406 Å². The van der Waals surface area contributed by atoms with Crippen molar-refractivity contribution in [3.8, 4) is 67.0 Å². The van der Waals surface area contributed by atoms with Gasteiger partial charge in [-0.25, -0.2) is 0 Å². The molecule has 2 aromatic heterocycles. The lowest BCUT2D eigenvalue weighted by molar-refractivity contribution is 1.18. The van der Waals surface area contributed by atoms with Gasteiger partial charge in [0.05, 0.1) is 22.1 Å². The van der Waals surface area contributed by atoms with Crippen molar-refractivity contribution in [1.29, 1.82) is 0 Å². The molecule has 14 rings (SSSR count). The van der Waals surface area contributed by atoms with Gasteiger partial charge in [-0.3, -0.25) is 0 Å². The fourth-order valence-corrected chi connectivity index (χ4v) is 11.5. The minimum absolute atomic E-state index is 1.16. The van der Waals surface area contributed by atoms with Crippen molar-refractivity contribution in [2.45, 2.75) is 0 Å². The summed E-state index contributed by atoms with van der Waals surface area (Å²) in [5.41, 5.74) is 19.2. The molecule has 14 aromatic rings. The van der Waals surface area contributed by atoms with Gasteiger partial charge in [0.1, 0.15) is 0 Å². The zero-order valence-electron chi connectivity index (χ0n) is 38.3. The van der Waals surface area contributed by atoms with Crippen LogP contribution in [0.15, 0.2) is 267 Å². The van der Waals surface area contributed by atoms with Gasteiger partial charge >= 0.3 is 0 Å². The molecule has 70 heavy (non-hydrogen) atoms. The minimum Gasteiger partial charge on any atom is -0.309 e. The standard InChI is InChI=1S/C68H44N2/c1-4-20-45(21-5-1)66-56-36-16-32-52(46-22-14-24-48(42-46)54-34-18-40-64-67(54)58-30-10-12-38-62(58)69(64)50-26-6-2-7-27-50)60(56)44-61-53(33-17-37-57(61)66)47-23-15-25-49(43-47)55-35-19-41-65-68(55)59-31-11-13-39-63(59)70(65)51-28-8-3-9-29-51/h1-44H. The summed E-state index contributed by atoms with van der Waals surface area (Å²) in [6, 6.07) is 98.0. The smallest absolute Gasteiger partial charge is 0.0547 e. The van der Waals surface area contributed by atoms with E-state index in [4.69, 9.17) is 0 Å². The van der Waals surface area contributed by atoms with Gasteiger partial charge in [-0.1, -0.05) is 200 Å². The quantitative estimate of drug-likeness (QED) is 0.141. The fraction of sp³-hybridized carbons (Fsp3) is 0. The molecule has 0 atom stereocenters. The molecule has 0 unspecified atom stereocenters. The second-order valence-electron chi connectivity index (χ2n) is 18.4. The number of benzene rings is 12. The van der Waals surface area contributed by atoms with Gasteiger partial charge in [-0.15, -0.1) is 0 Å². The first-order valence-electron chi connectivity index (χ1n) is 24.2. The van der Waals surface area contributed by atoms with Gasteiger partial charge in [0.25, 0.3) is 0 Å². The second kappa shape index (κ2) is 16.2. The number of hydrogen-bond donors (Lipinski definition) is 0. The Kier molecular flexibility index (Phi) is 9.25. The normalized spacial score (nSPS) is 11.7. The molecular formula is C68H44N2. The molecule has 2 heteroatoms. The molecular weight excluding hydrogens is 845 g/mol. The van der Waals surface area contributed by atoms with E-state index in [9.17, 15) is 0 Å². The highest BCUT2D eigenvalue weighted by Gasteiger charge is 2.20. The molecule has 12 aromatic carbocycles. The van der Waals surface area contributed by atoms with Crippen LogP contribution in [0.5, 0.6) is 0 Å². The van der Waals surface area contributed by atoms with E-state index < -0.39 is 0 Å². The number of hydrogen-bond acceptors (Lipinski definition) is 0. The van der Waals surface area contributed by atoms with Crippen molar-refractivity contribution >= 4 is 65.2 Å². The number of fused-ring (bicyclic) bond motifs is 8. The van der Waals surface area contributed by atoms with E-state index in [0.717, 1.165) is 11.4 Å². The molecule has 0 aliphatic carbocycles. The average molecular weight is 889 g/mol. The minimum atomic E-state index is 1.16. The maximum atomic E-state index is 2.46. The first-order chi connectivity index (χ1) is 34.8. The van der Waals surface area contributed by atoms with E-state index in [1.165, 1.54) is 121 Å². The van der Waals surface area contributed by atoms with Gasteiger partial charge < -0.3 is 9.13 Å². The van der Waals surface area contributed by atoms with Crippen LogP contribution in [0.4, 0.5) is 0 Å². The highest BCUT2D eigenvalue weighted by molar-refractivity contribution is 6.20. The summed E-state index contributed by atoms with van der Waals surface area (Å²) in [5.74, 6) is 0. The molecule has 326 valence electrons. The topological polar surface area (TPSA) is 9.86 Å². The van der Waals surface area contributed by atoms with Crippen molar-refractivity contribution < 1.29 is 0 Å². The third-order valence-corrected chi connectivity index (χ3v) is 14.5. The summed E-state index contributed by atoms with van der Waals surface area (Å²) < 4.78 is 4.80. The Morgan fingerprint density at radius 2 is 0.529 bits per heavy atom. The van der Waals surface area contributed by atoms with E-state index in [0.29, 0.717) is 0 Å². The van der Waals surface area contributed by atoms with Gasteiger partial charge in [0.2, 0.25) is 0 Å². The molecule has 0 amide bonds. The molecule has 0 fully saturated rings. The highest BCUT2D eigenvalue weighted by atomic mass is 15.0. The van der Waals surface area contributed by atoms with E-state index in [1.54, 1.807) is 0 Å². The lowest BCUT2D eigenvalue weighted by atomic mass is 9.85. The molecule has 0 saturated heterocycles. The average Bonchev–Trinajstić information content (AvgIpc) is 3.96. The maximum Gasteiger partial charge on any atom is 0.0547 e. The number of para-hydroxylation sites is 4. The van der Waals surface area contributed by atoms with Crippen molar-refractivity contribution in [3.05, 3.63) is 267 Å². The SMILES string of the molecule is c1ccc(-c2c3cccc(-c4cccc(-c5cccc6c5c5ccccc5n6-c5ccccc5)c4)c3cc3c(-c4cccc(-c5cccc6c5c5ccccc5n6-c5ccccc5)c4)cccc23)cc1. The fourth-order valence-electron chi connectivity index (χ4n) is 11.5. The summed E-state index contributed by atoms with van der Waals surface area (Å²) >= 11 is 0.